The summed E-state index contributed by atoms with van der Waals surface area (Å²) in [6.45, 7) is 7.27. The molecule has 0 radical (unpaired) electrons. The van der Waals surface area contributed by atoms with Crippen LogP contribution in [0.1, 0.15) is 15.9 Å². The van der Waals surface area contributed by atoms with Gasteiger partial charge in [-0.2, -0.15) is 0 Å². The van der Waals surface area contributed by atoms with E-state index in [1.165, 1.54) is 16.4 Å². The smallest absolute Gasteiger partial charge is 0.353 e. The molecule has 0 atom stereocenters. The Balaban J connectivity index is 1.65. The van der Waals surface area contributed by atoms with Crippen molar-refractivity contribution in [2.24, 2.45) is 0 Å². The molecule has 0 bridgehead atoms. The van der Waals surface area contributed by atoms with Crippen LogP contribution in [0.3, 0.4) is 0 Å². The van der Waals surface area contributed by atoms with E-state index in [0.717, 1.165) is 28.5 Å². The van der Waals surface area contributed by atoms with Crippen LogP contribution < -0.4 is 10.9 Å². The number of fused-ring (bicyclic) bond motifs is 2. The van der Waals surface area contributed by atoms with E-state index in [4.69, 9.17) is 0 Å². The molecule has 1 aliphatic heterocycles. The first-order chi connectivity index (χ1) is 14.8. The van der Waals surface area contributed by atoms with E-state index >= 15 is 0 Å². The zero-order valence-corrected chi connectivity index (χ0v) is 17.3. The van der Waals surface area contributed by atoms with E-state index < -0.39 is 11.9 Å². The van der Waals surface area contributed by atoms with Crippen molar-refractivity contribution in [2.45, 2.75) is 6.54 Å². The predicted octanol–water partition coefficient (Wildman–Crippen LogP) is 2.53. The number of benzene rings is 2. The molecular formula is C22H17N3O5S. The van der Waals surface area contributed by atoms with Gasteiger partial charge in [0.25, 0.3) is 17.4 Å². The van der Waals surface area contributed by atoms with Crippen molar-refractivity contribution < 1.29 is 19.1 Å². The molecule has 156 valence electrons. The first kappa shape index (κ1) is 20.3. The molecule has 3 aromatic rings. The molecule has 1 aliphatic rings. The van der Waals surface area contributed by atoms with E-state index in [9.17, 15) is 19.2 Å². The largest absolute Gasteiger partial charge is 0.464 e. The molecule has 0 saturated heterocycles. The summed E-state index contributed by atoms with van der Waals surface area (Å²) in [5, 5.41) is 2.86. The lowest BCUT2D eigenvalue weighted by molar-refractivity contribution is -0.137. The van der Waals surface area contributed by atoms with E-state index in [1.807, 2.05) is 18.2 Å². The van der Waals surface area contributed by atoms with Crippen LogP contribution in [0.2, 0.25) is 0 Å². The number of H-pyrrole nitrogens is 1. The highest BCUT2D eigenvalue weighted by molar-refractivity contribution is 7.13. The van der Waals surface area contributed by atoms with Crippen molar-refractivity contribution in [2.75, 3.05) is 7.11 Å². The highest BCUT2D eigenvalue weighted by Gasteiger charge is 2.33. The van der Waals surface area contributed by atoms with Gasteiger partial charge in [0.1, 0.15) is 11.4 Å². The standard InChI is InChI=1S/C22H17N3O5S/c1-11(22(29)30-3)23-19(26)12(2)25-10-17-14(5-4-6-15(17)21(25)28)13-7-8-18-16(9-13)20(27)24-31-18/h4-9H,1-2,10H2,3H3,(H,23,26)(H,24,27). The normalized spacial score (nSPS) is 12.5. The van der Waals surface area contributed by atoms with Crippen LogP contribution in [0.15, 0.2) is 65.7 Å². The van der Waals surface area contributed by atoms with Gasteiger partial charge in [0.15, 0.2) is 0 Å². The fourth-order valence-electron chi connectivity index (χ4n) is 3.45. The van der Waals surface area contributed by atoms with Gasteiger partial charge in [-0.3, -0.25) is 23.7 Å². The van der Waals surface area contributed by atoms with Gasteiger partial charge in [0.05, 0.1) is 23.7 Å². The third-order valence-corrected chi connectivity index (χ3v) is 5.90. The van der Waals surface area contributed by atoms with E-state index in [2.05, 4.69) is 27.6 Å². The highest BCUT2D eigenvalue weighted by Crippen LogP contribution is 2.35. The van der Waals surface area contributed by atoms with Crippen molar-refractivity contribution in [3.8, 4) is 11.1 Å². The Labute approximate surface area is 180 Å². The first-order valence-electron chi connectivity index (χ1n) is 9.14. The Kier molecular flexibility index (Phi) is 5.04. The quantitative estimate of drug-likeness (QED) is 0.473. The third-order valence-electron chi connectivity index (χ3n) is 5.04. The van der Waals surface area contributed by atoms with Crippen molar-refractivity contribution in [3.05, 3.63) is 82.4 Å². The van der Waals surface area contributed by atoms with Gasteiger partial charge in [-0.1, -0.05) is 42.9 Å². The number of carbonyl (C=O) groups excluding carboxylic acids is 3. The number of aromatic amines is 1. The highest BCUT2D eigenvalue weighted by atomic mass is 32.1. The van der Waals surface area contributed by atoms with Gasteiger partial charge in [0.2, 0.25) is 0 Å². The van der Waals surface area contributed by atoms with Crippen LogP contribution in [0.5, 0.6) is 0 Å². The Hall–Kier alpha value is -3.98. The maximum absolute atomic E-state index is 12.9. The fraction of sp³-hybridized carbons (Fsp3) is 0.0909. The van der Waals surface area contributed by atoms with Crippen LogP contribution in [-0.4, -0.2) is 34.2 Å². The van der Waals surface area contributed by atoms with Gasteiger partial charge in [-0.05, 0) is 34.9 Å². The lowest BCUT2D eigenvalue weighted by atomic mass is 9.96. The molecule has 9 heteroatoms. The minimum absolute atomic E-state index is 0.123. The molecule has 0 unspecified atom stereocenters. The van der Waals surface area contributed by atoms with Crippen LogP contribution in [-0.2, 0) is 20.9 Å². The lowest BCUT2D eigenvalue weighted by Gasteiger charge is -2.18. The van der Waals surface area contributed by atoms with Crippen LogP contribution in [0.25, 0.3) is 21.2 Å². The SMILES string of the molecule is C=C(NC(=O)C(=C)N1Cc2c(cccc2-c2ccc3s[nH]c(=O)c3c2)C1=O)C(=O)OC. The summed E-state index contributed by atoms with van der Waals surface area (Å²) >= 11 is 1.26. The maximum atomic E-state index is 12.9. The predicted molar refractivity (Wildman–Crippen MR) is 116 cm³/mol. The number of nitrogens with zero attached hydrogens (tertiary/aromatic N) is 1. The van der Waals surface area contributed by atoms with E-state index in [1.54, 1.807) is 18.2 Å². The second-order valence-corrected chi connectivity index (χ2v) is 7.69. The molecule has 8 nitrogen and oxygen atoms in total. The Bertz CT molecular complexity index is 1350. The summed E-state index contributed by atoms with van der Waals surface area (Å²) in [4.78, 5) is 50.1. The van der Waals surface area contributed by atoms with Crippen LogP contribution >= 0.6 is 11.5 Å². The number of rotatable bonds is 5. The summed E-state index contributed by atoms with van der Waals surface area (Å²) < 4.78 is 8.05. The second-order valence-electron chi connectivity index (χ2n) is 6.84. The Morgan fingerprint density at radius 2 is 1.90 bits per heavy atom. The average molecular weight is 435 g/mol. The third kappa shape index (κ3) is 3.44. The number of aromatic nitrogens is 1. The number of hydrogen-bond donors (Lipinski definition) is 2. The molecule has 0 aliphatic carbocycles. The summed E-state index contributed by atoms with van der Waals surface area (Å²) in [5.74, 6) is -1.90. The second kappa shape index (κ2) is 7.69. The summed E-state index contributed by atoms with van der Waals surface area (Å²) in [6.07, 6.45) is 0. The molecule has 1 aromatic heterocycles. The number of carbonyl (C=O) groups is 3. The molecule has 0 spiro atoms. The number of hydrogen-bond acceptors (Lipinski definition) is 6. The van der Waals surface area contributed by atoms with Crippen molar-refractivity contribution in [3.63, 3.8) is 0 Å². The minimum atomic E-state index is -0.793. The molecule has 4 rings (SSSR count). The monoisotopic (exact) mass is 435 g/mol. The van der Waals surface area contributed by atoms with E-state index in [-0.39, 0.29) is 29.4 Å². The molecule has 2 N–H and O–H groups in total. The number of nitrogens with one attached hydrogen (secondary N) is 2. The number of methoxy groups -OCH3 is 1. The number of esters is 1. The van der Waals surface area contributed by atoms with Gasteiger partial charge in [0, 0.05) is 5.56 Å². The van der Waals surface area contributed by atoms with Crippen molar-refractivity contribution in [1.29, 1.82) is 0 Å². The number of ether oxygens (including phenoxy) is 1. The topological polar surface area (TPSA) is 109 Å². The molecule has 2 heterocycles. The maximum Gasteiger partial charge on any atom is 0.353 e. The zero-order valence-electron chi connectivity index (χ0n) is 16.5. The molecule has 2 aromatic carbocycles. The minimum Gasteiger partial charge on any atom is -0.464 e. The van der Waals surface area contributed by atoms with Gasteiger partial charge in [-0.25, -0.2) is 4.79 Å². The van der Waals surface area contributed by atoms with Crippen LogP contribution in [0.4, 0.5) is 0 Å². The van der Waals surface area contributed by atoms with E-state index in [0.29, 0.717) is 10.9 Å². The Morgan fingerprint density at radius 1 is 1.16 bits per heavy atom. The Morgan fingerprint density at radius 3 is 2.65 bits per heavy atom. The molecule has 0 fully saturated rings. The molecule has 31 heavy (non-hydrogen) atoms. The summed E-state index contributed by atoms with van der Waals surface area (Å²) in [6, 6.07) is 10.8. The average Bonchev–Trinajstić information content (AvgIpc) is 3.32. The summed E-state index contributed by atoms with van der Waals surface area (Å²) in [7, 11) is 1.16. The lowest BCUT2D eigenvalue weighted by Crippen LogP contribution is -2.36. The molecule has 2 amide bonds. The van der Waals surface area contributed by atoms with Crippen molar-refractivity contribution >= 4 is 39.4 Å². The molecule has 0 saturated carbocycles. The van der Waals surface area contributed by atoms with Gasteiger partial charge in [-0.15, -0.1) is 0 Å². The van der Waals surface area contributed by atoms with Gasteiger partial charge < -0.3 is 10.1 Å². The molecular weight excluding hydrogens is 418 g/mol. The number of amides is 2. The van der Waals surface area contributed by atoms with Crippen molar-refractivity contribution in [1.82, 2.24) is 14.6 Å². The fourth-order valence-corrected chi connectivity index (χ4v) is 4.16. The first-order valence-corrected chi connectivity index (χ1v) is 9.96. The zero-order chi connectivity index (χ0) is 22.3. The summed E-state index contributed by atoms with van der Waals surface area (Å²) in [5.41, 5.74) is 2.19. The van der Waals surface area contributed by atoms with Gasteiger partial charge >= 0.3 is 5.97 Å². The van der Waals surface area contributed by atoms with Crippen LogP contribution in [0, 0.1) is 0 Å².